The van der Waals surface area contributed by atoms with Crippen LogP contribution in [-0.2, 0) is 6.54 Å². The molecule has 2 N–H and O–H groups in total. The summed E-state index contributed by atoms with van der Waals surface area (Å²) in [6.45, 7) is 1.03. The zero-order valence-electron chi connectivity index (χ0n) is 13.7. The molecule has 1 amide bonds. The summed E-state index contributed by atoms with van der Waals surface area (Å²) in [4.78, 5) is 13.9. The summed E-state index contributed by atoms with van der Waals surface area (Å²) in [5.74, 6) is -0.367. The van der Waals surface area contributed by atoms with E-state index < -0.39 is 0 Å². The van der Waals surface area contributed by atoms with Gasteiger partial charge >= 0.3 is 0 Å². The highest BCUT2D eigenvalue weighted by Crippen LogP contribution is 2.39. The van der Waals surface area contributed by atoms with E-state index in [1.807, 2.05) is 24.3 Å². The summed E-state index contributed by atoms with van der Waals surface area (Å²) in [7, 11) is 0. The number of benzene rings is 2. The Balaban J connectivity index is 1.54. The summed E-state index contributed by atoms with van der Waals surface area (Å²) in [6.07, 6.45) is 6.00. The van der Waals surface area contributed by atoms with Gasteiger partial charge in [0.15, 0.2) is 0 Å². The number of primary amides is 1. The van der Waals surface area contributed by atoms with Crippen molar-refractivity contribution in [3.8, 4) is 0 Å². The smallest absolute Gasteiger partial charge is 0.248 e. The molecule has 2 aromatic rings. The van der Waals surface area contributed by atoms with Gasteiger partial charge in [-0.25, -0.2) is 0 Å². The van der Waals surface area contributed by atoms with E-state index in [0.29, 0.717) is 17.6 Å². The van der Waals surface area contributed by atoms with Gasteiger partial charge in [-0.15, -0.1) is 0 Å². The summed E-state index contributed by atoms with van der Waals surface area (Å²) >= 11 is 0. The van der Waals surface area contributed by atoms with E-state index in [2.05, 4.69) is 41.3 Å². The van der Waals surface area contributed by atoms with Gasteiger partial charge in [0.05, 0.1) is 0 Å². The van der Waals surface area contributed by atoms with Crippen LogP contribution in [0, 0.1) is 0 Å². The van der Waals surface area contributed by atoms with Crippen molar-refractivity contribution in [1.29, 1.82) is 0 Å². The second-order valence-corrected chi connectivity index (χ2v) is 6.79. The van der Waals surface area contributed by atoms with E-state index in [1.165, 1.54) is 29.5 Å². The lowest BCUT2D eigenvalue weighted by Crippen LogP contribution is -2.37. The average Bonchev–Trinajstić information content (AvgIpc) is 2.84. The molecule has 0 radical (unpaired) electrons. The number of carbonyl (C=O) groups is 1. The van der Waals surface area contributed by atoms with Crippen molar-refractivity contribution in [1.82, 2.24) is 4.90 Å². The molecule has 2 aliphatic rings. The average molecular weight is 318 g/mol. The van der Waals surface area contributed by atoms with E-state index in [0.717, 1.165) is 13.0 Å². The second-order valence-electron chi connectivity index (χ2n) is 6.79. The molecule has 24 heavy (non-hydrogen) atoms. The van der Waals surface area contributed by atoms with Crippen LogP contribution < -0.4 is 5.73 Å². The Labute approximate surface area is 142 Å². The predicted octanol–water partition coefficient (Wildman–Crippen LogP) is 3.61. The molecule has 0 saturated carbocycles. The largest absolute Gasteiger partial charge is 0.366 e. The maximum atomic E-state index is 11.2. The number of hydrogen-bond donors (Lipinski definition) is 1. The van der Waals surface area contributed by atoms with Crippen molar-refractivity contribution in [3.63, 3.8) is 0 Å². The van der Waals surface area contributed by atoms with Gasteiger partial charge in [0.2, 0.25) is 5.91 Å². The highest BCUT2D eigenvalue weighted by molar-refractivity contribution is 5.93. The summed E-state index contributed by atoms with van der Waals surface area (Å²) < 4.78 is 0. The third-order valence-electron chi connectivity index (χ3n) is 5.29. The van der Waals surface area contributed by atoms with Crippen molar-refractivity contribution in [2.75, 3.05) is 0 Å². The van der Waals surface area contributed by atoms with Crippen LogP contribution in [-0.4, -0.2) is 22.9 Å². The van der Waals surface area contributed by atoms with Crippen molar-refractivity contribution in [2.45, 2.75) is 37.9 Å². The third kappa shape index (κ3) is 2.87. The topological polar surface area (TPSA) is 46.3 Å². The molecule has 0 aliphatic carbocycles. The number of hydrogen-bond acceptors (Lipinski definition) is 2. The lowest BCUT2D eigenvalue weighted by molar-refractivity contribution is 0.100. The first-order valence-corrected chi connectivity index (χ1v) is 8.61. The number of carbonyl (C=O) groups excluding carboxylic acids is 1. The first-order valence-electron chi connectivity index (χ1n) is 8.61. The van der Waals surface area contributed by atoms with Gasteiger partial charge in [0.1, 0.15) is 0 Å². The Morgan fingerprint density at radius 1 is 1.04 bits per heavy atom. The maximum absolute atomic E-state index is 11.2. The third-order valence-corrected chi connectivity index (χ3v) is 5.29. The standard InChI is InChI=1S/C21H22N2O/c22-21(24)17-8-6-16(7-9-17)18-12-19-10-11-20(13-18)23(19)14-15-4-2-1-3-5-15/h1-9,12,19-20H,10-11,13-14H2,(H2,22,24). The van der Waals surface area contributed by atoms with Crippen LogP contribution in [0.15, 0.2) is 60.7 Å². The fraction of sp³-hybridized carbons (Fsp3) is 0.286. The molecule has 2 heterocycles. The first kappa shape index (κ1) is 15.2. The van der Waals surface area contributed by atoms with Gasteiger partial charge in [-0.2, -0.15) is 0 Å². The molecule has 0 aromatic heterocycles. The lowest BCUT2D eigenvalue weighted by Gasteiger charge is -2.34. The molecule has 2 unspecified atom stereocenters. The second kappa shape index (κ2) is 6.25. The summed E-state index contributed by atoms with van der Waals surface area (Å²) in [5.41, 5.74) is 9.91. The summed E-state index contributed by atoms with van der Waals surface area (Å²) in [5, 5.41) is 0. The maximum Gasteiger partial charge on any atom is 0.248 e. The number of nitrogens with two attached hydrogens (primary N) is 1. The Hall–Kier alpha value is -2.39. The van der Waals surface area contributed by atoms with Crippen molar-refractivity contribution >= 4 is 11.5 Å². The molecule has 3 heteroatoms. The number of amides is 1. The zero-order chi connectivity index (χ0) is 16.5. The molecule has 122 valence electrons. The van der Waals surface area contributed by atoms with Crippen LogP contribution in [0.1, 0.15) is 40.7 Å². The molecule has 3 nitrogen and oxygen atoms in total. The number of rotatable bonds is 4. The fourth-order valence-electron chi connectivity index (χ4n) is 4.02. The molecule has 4 rings (SSSR count). The summed E-state index contributed by atoms with van der Waals surface area (Å²) in [6, 6.07) is 19.6. The Kier molecular flexibility index (Phi) is 3.95. The van der Waals surface area contributed by atoms with E-state index in [4.69, 9.17) is 5.73 Å². The highest BCUT2D eigenvalue weighted by atomic mass is 16.1. The quantitative estimate of drug-likeness (QED) is 0.936. The van der Waals surface area contributed by atoms with Crippen molar-refractivity contribution in [2.24, 2.45) is 5.73 Å². The van der Waals surface area contributed by atoms with Gasteiger partial charge in [0, 0.05) is 24.2 Å². The van der Waals surface area contributed by atoms with E-state index in [-0.39, 0.29) is 5.91 Å². The number of nitrogens with zero attached hydrogens (tertiary/aromatic N) is 1. The van der Waals surface area contributed by atoms with Crippen LogP contribution in [0.4, 0.5) is 0 Å². The Bertz CT molecular complexity index is 764. The minimum atomic E-state index is -0.367. The van der Waals surface area contributed by atoms with Gasteiger partial charge in [0.25, 0.3) is 0 Å². The van der Waals surface area contributed by atoms with Crippen molar-refractivity contribution in [3.05, 3.63) is 77.4 Å². The predicted molar refractivity (Wildman–Crippen MR) is 96.3 cm³/mol. The Morgan fingerprint density at radius 3 is 2.46 bits per heavy atom. The van der Waals surface area contributed by atoms with Crippen LogP contribution >= 0.6 is 0 Å². The molecular weight excluding hydrogens is 296 g/mol. The SMILES string of the molecule is NC(=O)c1ccc(C2=CC3CCC(C2)N3Cc2ccccc2)cc1. The van der Waals surface area contributed by atoms with Crippen LogP contribution in [0.25, 0.3) is 5.57 Å². The molecular formula is C21H22N2O. The zero-order valence-corrected chi connectivity index (χ0v) is 13.7. The molecule has 2 aromatic carbocycles. The lowest BCUT2D eigenvalue weighted by atomic mass is 9.93. The van der Waals surface area contributed by atoms with Crippen LogP contribution in [0.5, 0.6) is 0 Å². The van der Waals surface area contributed by atoms with Crippen molar-refractivity contribution < 1.29 is 4.79 Å². The van der Waals surface area contributed by atoms with E-state index >= 15 is 0 Å². The molecule has 0 spiro atoms. The molecule has 2 bridgehead atoms. The Morgan fingerprint density at radius 2 is 1.79 bits per heavy atom. The van der Waals surface area contributed by atoms with Gasteiger partial charge < -0.3 is 5.73 Å². The van der Waals surface area contributed by atoms with Gasteiger partial charge in [-0.05, 0) is 48.1 Å². The number of fused-ring (bicyclic) bond motifs is 2. The van der Waals surface area contributed by atoms with Gasteiger partial charge in [-0.3, -0.25) is 9.69 Å². The minimum Gasteiger partial charge on any atom is -0.366 e. The first-order chi connectivity index (χ1) is 11.7. The van der Waals surface area contributed by atoms with E-state index in [1.54, 1.807) is 0 Å². The molecule has 1 saturated heterocycles. The molecule has 2 atom stereocenters. The monoisotopic (exact) mass is 318 g/mol. The molecule has 2 aliphatic heterocycles. The van der Waals surface area contributed by atoms with E-state index in [9.17, 15) is 4.79 Å². The fourth-order valence-corrected chi connectivity index (χ4v) is 4.02. The van der Waals surface area contributed by atoms with Gasteiger partial charge in [-0.1, -0.05) is 48.5 Å². The van der Waals surface area contributed by atoms with Crippen LogP contribution in [0.2, 0.25) is 0 Å². The molecule has 1 fully saturated rings. The highest BCUT2D eigenvalue weighted by Gasteiger charge is 2.36. The van der Waals surface area contributed by atoms with Crippen LogP contribution in [0.3, 0.4) is 0 Å². The normalized spacial score (nSPS) is 23.1. The minimum absolute atomic E-state index is 0.367.